The number of hydrogen-bond donors (Lipinski definition) is 1. The Morgan fingerprint density at radius 2 is 2.06 bits per heavy atom. The molecule has 1 aromatic heterocycles. The molecule has 1 unspecified atom stereocenters. The number of amides is 1. The summed E-state index contributed by atoms with van der Waals surface area (Å²) >= 11 is 7.10. The smallest absolute Gasteiger partial charge is 0.349 e. The van der Waals surface area contributed by atoms with Crippen LogP contribution < -0.4 is 5.73 Å². The zero-order valence-corrected chi connectivity index (χ0v) is 19.3. The molecule has 3 heterocycles. The van der Waals surface area contributed by atoms with Crippen LogP contribution in [0.15, 0.2) is 52.5 Å². The topological polar surface area (TPSA) is 76.5 Å². The van der Waals surface area contributed by atoms with Gasteiger partial charge in [0.1, 0.15) is 0 Å². The van der Waals surface area contributed by atoms with E-state index in [4.69, 9.17) is 17.3 Å². The van der Waals surface area contributed by atoms with Crippen molar-refractivity contribution in [2.45, 2.75) is 25.2 Å². The van der Waals surface area contributed by atoms with Crippen molar-refractivity contribution < 1.29 is 18.0 Å². The van der Waals surface area contributed by atoms with Crippen LogP contribution in [0.4, 0.5) is 13.2 Å². The Labute approximate surface area is 202 Å². The predicted molar refractivity (Wildman–Crippen MR) is 127 cm³/mol. The van der Waals surface area contributed by atoms with Crippen LogP contribution in [0.1, 0.15) is 23.1 Å². The molecule has 2 N–H and O–H groups in total. The van der Waals surface area contributed by atoms with E-state index in [1.807, 2.05) is 11.0 Å². The first-order valence-corrected chi connectivity index (χ1v) is 11.7. The second kappa shape index (κ2) is 8.75. The van der Waals surface area contributed by atoms with E-state index in [0.29, 0.717) is 22.1 Å². The summed E-state index contributed by atoms with van der Waals surface area (Å²) in [4.78, 5) is 19.1. The van der Waals surface area contributed by atoms with Gasteiger partial charge in [0, 0.05) is 29.5 Å². The van der Waals surface area contributed by atoms with Crippen molar-refractivity contribution in [2.75, 3.05) is 13.1 Å². The third-order valence-corrected chi connectivity index (χ3v) is 7.05. The summed E-state index contributed by atoms with van der Waals surface area (Å²) in [7, 11) is 0. The largest absolute Gasteiger partial charge is 0.416 e. The van der Waals surface area contributed by atoms with Crippen LogP contribution in [0.2, 0.25) is 5.02 Å². The van der Waals surface area contributed by atoms with E-state index in [0.717, 1.165) is 30.0 Å². The minimum atomic E-state index is -4.52. The van der Waals surface area contributed by atoms with Crippen molar-refractivity contribution in [1.82, 2.24) is 14.7 Å². The molecule has 5 rings (SSSR count). The first-order valence-electron chi connectivity index (χ1n) is 10.5. The van der Waals surface area contributed by atoms with Crippen molar-refractivity contribution in [3.8, 4) is 0 Å². The third kappa shape index (κ3) is 4.57. The van der Waals surface area contributed by atoms with E-state index in [-0.39, 0.29) is 29.1 Å². The first kappa shape index (κ1) is 22.9. The lowest BCUT2D eigenvalue weighted by molar-refractivity contribution is -0.138. The minimum absolute atomic E-state index is 0.0260. The Bertz CT molecular complexity index is 1350. The Morgan fingerprint density at radius 1 is 1.24 bits per heavy atom. The number of fused-ring (bicyclic) bond motifs is 1. The van der Waals surface area contributed by atoms with Crippen LogP contribution in [-0.2, 0) is 17.5 Å². The van der Waals surface area contributed by atoms with Crippen LogP contribution in [-0.4, -0.2) is 44.9 Å². The maximum Gasteiger partial charge on any atom is 0.416 e. The maximum absolute atomic E-state index is 13.5. The van der Waals surface area contributed by atoms with Crippen LogP contribution in [0.3, 0.4) is 0 Å². The van der Waals surface area contributed by atoms with Gasteiger partial charge in [-0.05, 0) is 59.7 Å². The molecule has 34 heavy (non-hydrogen) atoms. The molecule has 0 bridgehead atoms. The SMILES string of the molecule is NC1CCN(C2=NC(=O)C(=Cc3ccc4c(cnn4Cc4ccc(Cl)cc4C(F)(F)F)c3)S2)C1. The number of thioether (sulfide) groups is 1. The molecule has 2 aromatic carbocycles. The summed E-state index contributed by atoms with van der Waals surface area (Å²) in [5.41, 5.74) is 6.70. The van der Waals surface area contributed by atoms with Crippen molar-refractivity contribution >= 4 is 51.4 Å². The van der Waals surface area contributed by atoms with Crippen molar-refractivity contribution in [1.29, 1.82) is 0 Å². The van der Waals surface area contributed by atoms with Crippen molar-refractivity contribution in [2.24, 2.45) is 10.7 Å². The molecular weight excluding hydrogens is 487 g/mol. The van der Waals surface area contributed by atoms with Gasteiger partial charge >= 0.3 is 6.18 Å². The number of nitrogens with zero attached hydrogens (tertiary/aromatic N) is 4. The molecule has 1 saturated heterocycles. The van der Waals surface area contributed by atoms with Gasteiger partial charge in [-0.3, -0.25) is 9.48 Å². The van der Waals surface area contributed by atoms with Crippen molar-refractivity contribution in [3.63, 3.8) is 0 Å². The Balaban J connectivity index is 1.38. The van der Waals surface area contributed by atoms with Gasteiger partial charge in [0.05, 0.1) is 28.7 Å². The fraction of sp³-hybridized carbons (Fsp3) is 0.261. The van der Waals surface area contributed by atoms with Gasteiger partial charge in [-0.15, -0.1) is 0 Å². The monoisotopic (exact) mass is 505 g/mol. The predicted octanol–water partition coefficient (Wildman–Crippen LogP) is 4.76. The zero-order valence-electron chi connectivity index (χ0n) is 17.7. The number of alkyl halides is 3. The first-order chi connectivity index (χ1) is 16.2. The van der Waals surface area contributed by atoms with Gasteiger partial charge in [-0.2, -0.15) is 23.3 Å². The number of hydrogen-bond acceptors (Lipinski definition) is 5. The van der Waals surface area contributed by atoms with E-state index < -0.39 is 11.7 Å². The van der Waals surface area contributed by atoms with Gasteiger partial charge in [-0.25, -0.2) is 0 Å². The molecule has 0 saturated carbocycles. The highest BCUT2D eigenvalue weighted by Crippen LogP contribution is 2.35. The number of carbonyl (C=O) groups excluding carboxylic acids is 1. The Kier molecular flexibility index (Phi) is 5.91. The van der Waals surface area contributed by atoms with Crippen molar-refractivity contribution in [3.05, 3.63) is 69.2 Å². The van der Waals surface area contributed by atoms with Gasteiger partial charge in [0.15, 0.2) is 5.17 Å². The van der Waals surface area contributed by atoms with Gasteiger partial charge < -0.3 is 10.6 Å². The van der Waals surface area contributed by atoms with Gasteiger partial charge in [-0.1, -0.05) is 23.7 Å². The number of rotatable bonds is 3. The molecule has 0 aliphatic carbocycles. The Hall–Kier alpha value is -2.82. The lowest BCUT2D eigenvalue weighted by Crippen LogP contribution is -2.29. The van der Waals surface area contributed by atoms with E-state index in [9.17, 15) is 18.0 Å². The fourth-order valence-corrected chi connectivity index (χ4v) is 5.20. The quantitative estimate of drug-likeness (QED) is 0.519. The molecule has 176 valence electrons. The van der Waals surface area contributed by atoms with Crippen LogP contribution in [0, 0.1) is 0 Å². The number of benzene rings is 2. The summed E-state index contributed by atoms with van der Waals surface area (Å²) in [6, 6.07) is 9.24. The lowest BCUT2D eigenvalue weighted by Gasteiger charge is -2.15. The summed E-state index contributed by atoms with van der Waals surface area (Å²) in [5, 5.41) is 5.72. The number of likely N-dealkylation sites (tertiary alicyclic amines) is 1. The standard InChI is InChI=1S/C23H19ClF3N5OS/c24-16-3-2-14(18(9-16)23(25,26)27)11-32-19-4-1-13(7-15(19)10-29-32)8-20-21(33)30-22(34-20)31-6-5-17(28)12-31/h1-4,7-10,17H,5-6,11-12,28H2. The highest BCUT2D eigenvalue weighted by Gasteiger charge is 2.34. The summed E-state index contributed by atoms with van der Waals surface area (Å²) < 4.78 is 41.9. The molecular formula is C23H19ClF3N5OS. The minimum Gasteiger partial charge on any atom is -0.349 e. The van der Waals surface area contributed by atoms with E-state index in [1.165, 1.54) is 28.6 Å². The highest BCUT2D eigenvalue weighted by molar-refractivity contribution is 8.18. The highest BCUT2D eigenvalue weighted by atomic mass is 35.5. The van der Waals surface area contributed by atoms with Gasteiger partial charge in [0.2, 0.25) is 0 Å². The molecule has 1 fully saturated rings. The number of halogens is 4. The normalized spacial score (nSPS) is 20.1. The maximum atomic E-state index is 13.5. The Morgan fingerprint density at radius 3 is 2.79 bits per heavy atom. The average Bonchev–Trinajstić information content (AvgIpc) is 3.48. The number of aromatic nitrogens is 2. The number of carbonyl (C=O) groups is 1. The fourth-order valence-electron chi connectivity index (χ4n) is 4.08. The van der Waals surface area contributed by atoms with E-state index >= 15 is 0 Å². The zero-order chi connectivity index (χ0) is 24.0. The summed E-state index contributed by atoms with van der Waals surface area (Å²) in [6.07, 6.45) is -0.294. The molecule has 2 aliphatic rings. The lowest BCUT2D eigenvalue weighted by atomic mass is 10.1. The number of nitrogens with two attached hydrogens (primary N) is 1. The van der Waals surface area contributed by atoms with Crippen LogP contribution in [0.5, 0.6) is 0 Å². The average molecular weight is 506 g/mol. The third-order valence-electron chi connectivity index (χ3n) is 5.77. The van der Waals surface area contributed by atoms with Crippen LogP contribution >= 0.6 is 23.4 Å². The number of amidine groups is 1. The molecule has 11 heteroatoms. The molecule has 3 aromatic rings. The van der Waals surface area contributed by atoms with E-state index in [1.54, 1.807) is 24.4 Å². The molecule has 0 radical (unpaired) electrons. The van der Waals surface area contributed by atoms with Gasteiger partial charge in [0.25, 0.3) is 5.91 Å². The summed E-state index contributed by atoms with van der Waals surface area (Å²) in [6.45, 7) is 1.41. The molecule has 2 aliphatic heterocycles. The van der Waals surface area contributed by atoms with Crippen LogP contribution in [0.25, 0.3) is 17.0 Å². The number of aliphatic imine (C=N–C) groups is 1. The molecule has 1 amide bonds. The molecule has 6 nitrogen and oxygen atoms in total. The summed E-state index contributed by atoms with van der Waals surface area (Å²) in [5.74, 6) is -0.293. The van der Waals surface area contributed by atoms with E-state index in [2.05, 4.69) is 10.1 Å². The second-order valence-corrected chi connectivity index (χ2v) is 9.67. The molecule has 1 atom stereocenters. The second-order valence-electron chi connectivity index (χ2n) is 8.22. The molecule has 0 spiro atoms.